The summed E-state index contributed by atoms with van der Waals surface area (Å²) in [5.74, 6) is 16.8. The van der Waals surface area contributed by atoms with Gasteiger partial charge in [0.25, 0.3) is 0 Å². The molecule has 0 amide bonds. The molecule has 18 heteroatoms. The Hall–Kier alpha value is -14.4. The van der Waals surface area contributed by atoms with Crippen molar-refractivity contribution in [2.75, 3.05) is 0 Å². The number of hydrogen-bond acceptors (Lipinski definition) is 11. The van der Waals surface area contributed by atoms with Gasteiger partial charge in [-0.2, -0.15) is 0 Å². The highest BCUT2D eigenvalue weighted by Crippen LogP contribution is 2.52. The van der Waals surface area contributed by atoms with Crippen molar-refractivity contribution in [1.29, 1.82) is 0 Å². The molecule has 0 atom stereocenters. The second-order valence-electron chi connectivity index (χ2n) is 34.4. The molecule has 28 aromatic rings. The second kappa shape index (κ2) is 42.0. The zero-order valence-electron chi connectivity index (χ0n) is 76.9. The third-order valence-electron chi connectivity index (χ3n) is 25.5. The van der Waals surface area contributed by atoms with E-state index in [0.717, 1.165) is 184 Å². The van der Waals surface area contributed by atoms with Crippen LogP contribution >= 0.6 is 141 Å². The lowest BCUT2D eigenvalue weighted by Gasteiger charge is -2.11. The highest BCUT2D eigenvalue weighted by Gasteiger charge is 2.25. The van der Waals surface area contributed by atoms with Gasteiger partial charge in [0.15, 0.2) is 0 Å². The zero-order valence-corrected chi connectivity index (χ0v) is 89.7. The van der Waals surface area contributed by atoms with E-state index in [1.165, 1.54) is 84.9 Å². The number of para-hydroxylation sites is 5. The lowest BCUT2D eigenvalue weighted by atomic mass is 9.81. The molecule has 19 aromatic carbocycles. The van der Waals surface area contributed by atoms with Crippen LogP contribution in [0.2, 0.25) is 0 Å². The van der Waals surface area contributed by atoms with Crippen molar-refractivity contribution >= 4 is 305 Å². The van der Waals surface area contributed by atoms with E-state index in [9.17, 15) is 0 Å². The molecule has 0 saturated heterocycles. The molecule has 0 bridgehead atoms. The minimum Gasteiger partial charge on any atom is -0.456 e. The first-order chi connectivity index (χ1) is 71.6. The lowest BCUT2D eigenvalue weighted by Crippen LogP contribution is -2.29. The monoisotopic (exact) mass is 2330 g/mol. The van der Waals surface area contributed by atoms with Crippen LogP contribution in [0.5, 0.6) is 0 Å². The van der Waals surface area contributed by atoms with E-state index in [-0.39, 0.29) is 0 Å². The number of rotatable bonds is 7. The topological polar surface area (TPSA) is 106 Å². The third-order valence-corrected chi connectivity index (χ3v) is 38.2. The minimum absolute atomic E-state index is 0.525. The Morgan fingerprint density at radius 2 is 0.479 bits per heavy atom. The summed E-state index contributed by atoms with van der Waals surface area (Å²) in [6.45, 7) is 0. The fourth-order valence-corrected chi connectivity index (χ4v) is 28.0. The van der Waals surface area contributed by atoms with Crippen LogP contribution in [0.15, 0.2) is 472 Å². The van der Waals surface area contributed by atoms with Crippen LogP contribution < -0.4 is 5.46 Å². The molecule has 9 heterocycles. The molecular weight excluding hydrogens is 2270 g/mol. The number of thiophene rings is 4. The first kappa shape index (κ1) is 95.1. The van der Waals surface area contributed by atoms with Crippen LogP contribution in [-0.2, 0) is 0 Å². The fourth-order valence-electron chi connectivity index (χ4n) is 18.5. The van der Waals surface area contributed by atoms with Gasteiger partial charge in [0.2, 0.25) is 0 Å². The Labute approximate surface area is 905 Å². The summed E-state index contributed by atoms with van der Waals surface area (Å²) in [4.78, 5) is 4.72. The first-order valence-electron chi connectivity index (χ1n) is 46.6. The van der Waals surface area contributed by atoms with E-state index in [2.05, 4.69) is 368 Å². The van der Waals surface area contributed by atoms with Gasteiger partial charge in [0, 0.05) is 101 Å². The standard InChI is InChI=1S/2C44H24O2S.C16H10Br2S.C14H8O.C6H7BO2.C4Br4S/c1-3-13-31-27(9-1)33(25-17-19-41-35(21-25)29-11-5-7-15-39(29)45-41)23-37-38-24-34(28-10-2-4-14-32(28)44(38)47-43(31)37)26-18-20-42-36(22-26)30-12-6-8-16-40(30)46-42;1-3-11-31(12-4-1)43-35(23-19-29-21-25-41-37(27-29)33-15-7-9-17-39(33)45-41)36(44(47-43)32-13-5-2-6-14-32)24-20-30-22-26-42-38(28-30)34-16-8-10-18-40(34)46-42;17-13-14(18)16(12-9-5-2-6-10-12)19-15(13)11-7-3-1-4-8-11;1-2-10-7-8-14-12(9-10)11-5-3-4-6-13(11)15-14;8-7(9)6-4-2-1-3-5-6;5-1-2(6)4(8)9-3(1)7/h1-24H;1-18,21-22,25-28H;1-10H;1,3-9H;1-5,8-9H;. The average Bonchev–Trinajstić information content (AvgIpc) is 1.56. The van der Waals surface area contributed by atoms with E-state index < -0.39 is 7.12 Å². The van der Waals surface area contributed by atoms with E-state index in [0.29, 0.717) is 5.46 Å². The smallest absolute Gasteiger partial charge is 0.456 e. The maximum atomic E-state index is 8.58. The summed E-state index contributed by atoms with van der Waals surface area (Å²) in [7, 11) is -1.34. The Morgan fingerprint density at radius 3 is 0.795 bits per heavy atom. The Balaban J connectivity index is 0.000000109. The molecule has 0 spiro atoms. The van der Waals surface area contributed by atoms with E-state index >= 15 is 0 Å². The van der Waals surface area contributed by atoms with Gasteiger partial charge in [0.05, 0.1) is 56.1 Å². The van der Waals surface area contributed by atoms with Crippen molar-refractivity contribution in [1.82, 2.24) is 0 Å². The first-order valence-corrected chi connectivity index (χ1v) is 54.6. The maximum Gasteiger partial charge on any atom is 0.488 e. The van der Waals surface area contributed by atoms with Crippen LogP contribution in [0.3, 0.4) is 0 Å². The summed E-state index contributed by atoms with van der Waals surface area (Å²) in [6, 6.07) is 145. The van der Waals surface area contributed by atoms with Gasteiger partial charge in [-0.1, -0.05) is 333 Å². The summed E-state index contributed by atoms with van der Waals surface area (Å²) in [5, 5.41) is 35.9. The summed E-state index contributed by atoms with van der Waals surface area (Å²) < 4.78 is 39.4. The second-order valence-corrected chi connectivity index (χ2v) is 44.3. The van der Waals surface area contributed by atoms with Crippen molar-refractivity contribution in [3.63, 3.8) is 0 Å². The van der Waals surface area contributed by atoms with E-state index in [1.54, 1.807) is 58.3 Å². The molecule has 9 aromatic heterocycles. The fraction of sp³-hybridized carbons (Fsp3) is 0. The molecule has 0 radical (unpaired) electrons. The lowest BCUT2D eigenvalue weighted by molar-refractivity contribution is 0.425. The number of benzene rings is 19. The van der Waals surface area contributed by atoms with Gasteiger partial charge in [-0.15, -0.1) is 51.8 Å². The van der Waals surface area contributed by atoms with Gasteiger partial charge >= 0.3 is 7.12 Å². The van der Waals surface area contributed by atoms with Crippen molar-refractivity contribution in [3.05, 3.63) is 478 Å². The normalized spacial score (nSPS) is 11.2. The number of hydrogen-bond donors (Lipinski definition) is 2. The largest absolute Gasteiger partial charge is 0.488 e. The Kier molecular flexibility index (Phi) is 27.3. The number of halogens is 6. The quantitative estimate of drug-likeness (QED) is 0.121. The molecule has 146 heavy (non-hydrogen) atoms. The summed E-state index contributed by atoms with van der Waals surface area (Å²) in [6.07, 6.45) is 5.37. The van der Waals surface area contributed by atoms with E-state index in [4.69, 9.17) is 38.6 Å². The van der Waals surface area contributed by atoms with Crippen LogP contribution in [-0.4, -0.2) is 17.2 Å². The Bertz CT molecular complexity index is 9590. The predicted molar refractivity (Wildman–Crippen MR) is 638 cm³/mol. The van der Waals surface area contributed by atoms with E-state index in [1.807, 2.05) is 169 Å². The number of fused-ring (bicyclic) bond motifs is 22. The molecular formula is C128H73BBr6O7S4. The van der Waals surface area contributed by atoms with Gasteiger partial charge in [0.1, 0.15) is 55.8 Å². The highest BCUT2D eigenvalue weighted by atomic mass is 79.9. The van der Waals surface area contributed by atoms with Crippen molar-refractivity contribution in [3.8, 4) is 100 Å². The number of terminal acetylenes is 1. The molecule has 0 saturated carbocycles. The van der Waals surface area contributed by atoms with Gasteiger partial charge in [-0.3, -0.25) is 0 Å². The van der Waals surface area contributed by atoms with Gasteiger partial charge in [-0.05, 0) is 278 Å². The number of furan rings is 5. The van der Waals surface area contributed by atoms with Crippen molar-refractivity contribution in [2.24, 2.45) is 0 Å². The summed E-state index contributed by atoms with van der Waals surface area (Å²) in [5.41, 5.74) is 23.6. The van der Waals surface area contributed by atoms with Gasteiger partial charge in [-0.25, -0.2) is 0 Å². The third kappa shape index (κ3) is 19.0. The van der Waals surface area contributed by atoms with Crippen molar-refractivity contribution in [2.45, 2.75) is 0 Å². The van der Waals surface area contributed by atoms with Crippen LogP contribution in [0.25, 0.3) is 215 Å². The molecule has 696 valence electrons. The maximum absolute atomic E-state index is 8.58. The van der Waals surface area contributed by atoms with Gasteiger partial charge < -0.3 is 32.1 Å². The summed E-state index contributed by atoms with van der Waals surface area (Å²) >= 11 is 28.0. The molecule has 0 unspecified atom stereocenters. The van der Waals surface area contributed by atoms with Crippen LogP contribution in [0, 0.1) is 36.0 Å². The minimum atomic E-state index is -1.34. The van der Waals surface area contributed by atoms with Crippen molar-refractivity contribution < 1.29 is 32.1 Å². The highest BCUT2D eigenvalue weighted by molar-refractivity contribution is 9.16. The SMILES string of the molecule is Brc1c(-c2ccccc2)sc(-c2ccccc2)c1Br.Brc1sc(Br)c(Br)c1Br.C#Cc1ccc2oc3ccccc3c2c1.C(#Cc1c(-c2ccccc2)sc(-c2ccccc2)c1C#Cc1ccc2oc3ccccc3c2c1)c1ccc2oc3ccccc3c2c1.OB(O)c1ccccc1.c1ccc2c(c1)oc1ccc(-c3cc4c5cc(-c6ccc7oc8ccccc8c7c6)c6ccccc6c5sc4c4ccccc34)cc12. The Morgan fingerprint density at radius 1 is 0.212 bits per heavy atom. The molecule has 0 aliphatic heterocycles. The van der Waals surface area contributed by atoms with Crippen LogP contribution in [0.4, 0.5) is 0 Å². The molecule has 7 nitrogen and oxygen atoms in total. The average molecular weight is 2340 g/mol. The molecule has 0 aliphatic carbocycles. The van der Waals surface area contributed by atoms with Crippen LogP contribution in [0.1, 0.15) is 27.8 Å². The molecule has 0 aliphatic rings. The predicted octanol–water partition coefficient (Wildman–Crippen LogP) is 39.5. The molecule has 2 N–H and O–H groups in total. The molecule has 0 fully saturated rings. The molecule has 28 rings (SSSR count). The zero-order chi connectivity index (χ0) is 99.0.